The molecule has 15 heteroatoms. The SMILES string of the molecule is C=[SH]C(C)CCCNC(=O)CCNC(=O)CN1CCN(CC(=O)O)CCN(CC(=O)O)CCN(CC(=O)O)CC1. The van der Waals surface area contributed by atoms with E-state index in [1.165, 1.54) is 0 Å². The van der Waals surface area contributed by atoms with Gasteiger partial charge in [-0.25, -0.2) is 11.4 Å². The second-order valence-electron chi connectivity index (χ2n) is 9.91. The van der Waals surface area contributed by atoms with Crippen molar-refractivity contribution in [2.24, 2.45) is 0 Å². The van der Waals surface area contributed by atoms with Crippen molar-refractivity contribution in [1.82, 2.24) is 30.2 Å². The van der Waals surface area contributed by atoms with E-state index in [0.717, 1.165) is 24.2 Å². The Labute approximate surface area is 239 Å². The number of rotatable bonds is 16. The lowest BCUT2D eigenvalue weighted by molar-refractivity contribution is -0.140. The first-order valence-corrected chi connectivity index (χ1v) is 14.7. The van der Waals surface area contributed by atoms with Crippen molar-refractivity contribution >= 4 is 46.9 Å². The number of carboxylic acids is 3. The monoisotopic (exact) mass is 590 g/mol. The second-order valence-corrected chi connectivity index (χ2v) is 11.2. The van der Waals surface area contributed by atoms with Gasteiger partial charge < -0.3 is 26.0 Å². The van der Waals surface area contributed by atoms with Crippen LogP contribution in [0.25, 0.3) is 0 Å². The first-order valence-electron chi connectivity index (χ1n) is 13.5. The Kier molecular flexibility index (Phi) is 18.0. The molecule has 0 aromatic heterocycles. The van der Waals surface area contributed by atoms with Crippen LogP contribution >= 0.6 is 11.4 Å². The first kappa shape index (κ1) is 35.4. The van der Waals surface area contributed by atoms with Crippen LogP contribution < -0.4 is 10.6 Å². The van der Waals surface area contributed by atoms with Crippen molar-refractivity contribution in [3.8, 4) is 0 Å². The van der Waals surface area contributed by atoms with Crippen molar-refractivity contribution in [1.29, 1.82) is 0 Å². The molecule has 0 aromatic rings. The summed E-state index contributed by atoms with van der Waals surface area (Å²) in [7, 11) is 0. The van der Waals surface area contributed by atoms with Gasteiger partial charge in [-0.05, 0) is 18.1 Å². The topological polar surface area (TPSA) is 183 Å². The fourth-order valence-corrected chi connectivity index (χ4v) is 4.53. The van der Waals surface area contributed by atoms with Gasteiger partial charge in [0.2, 0.25) is 11.8 Å². The van der Waals surface area contributed by atoms with Crippen molar-refractivity contribution in [3.05, 3.63) is 0 Å². The highest BCUT2D eigenvalue weighted by molar-refractivity contribution is 7.97. The molecule has 0 radical (unpaired) electrons. The number of nitrogens with one attached hydrogen (secondary N) is 2. The Morgan fingerprint density at radius 3 is 1.43 bits per heavy atom. The van der Waals surface area contributed by atoms with Crippen LogP contribution in [0.3, 0.4) is 0 Å². The molecule has 0 aliphatic carbocycles. The minimum Gasteiger partial charge on any atom is -0.480 e. The van der Waals surface area contributed by atoms with Crippen LogP contribution in [0.5, 0.6) is 0 Å². The van der Waals surface area contributed by atoms with E-state index in [9.17, 15) is 39.3 Å². The Morgan fingerprint density at radius 1 is 0.675 bits per heavy atom. The maximum absolute atomic E-state index is 12.6. The summed E-state index contributed by atoms with van der Waals surface area (Å²) < 4.78 is 0. The summed E-state index contributed by atoms with van der Waals surface area (Å²) in [6.45, 7) is 4.77. The molecular weight excluding hydrogens is 544 g/mol. The molecule has 0 saturated carbocycles. The van der Waals surface area contributed by atoms with Gasteiger partial charge in [0, 0.05) is 71.9 Å². The number of amides is 2. The minimum absolute atomic E-state index is 0.0107. The maximum Gasteiger partial charge on any atom is 0.317 e. The number of carbonyl (C=O) groups excluding carboxylic acids is 2. The molecule has 1 atom stereocenters. The van der Waals surface area contributed by atoms with Crippen molar-refractivity contribution in [2.45, 2.75) is 31.4 Å². The quantitative estimate of drug-likeness (QED) is 0.0672. The van der Waals surface area contributed by atoms with Crippen LogP contribution in [0, 0.1) is 0 Å². The third-order valence-corrected chi connectivity index (χ3v) is 7.36. The predicted octanol–water partition coefficient (Wildman–Crippen LogP) is -1.85. The Morgan fingerprint density at radius 2 is 1.05 bits per heavy atom. The molecule has 1 rings (SSSR count). The van der Waals surface area contributed by atoms with E-state index in [0.29, 0.717) is 64.2 Å². The largest absolute Gasteiger partial charge is 0.480 e. The standard InChI is InChI=1S/C25H46N6O8S/c1-20(40-2)4-3-6-26-21(32)5-7-27-22(33)16-28-8-10-29(17-23(34)35)12-14-31(19-25(38)39)15-13-30(11-9-28)18-24(36)37/h20,40H,2-19H2,1H3,(H,26,32)(H,27,33)(H,34,35)(H,36,37)(H,38,39). The molecule has 1 aliphatic rings. The van der Waals surface area contributed by atoms with Crippen LogP contribution in [0.2, 0.25) is 0 Å². The lowest BCUT2D eigenvalue weighted by Crippen LogP contribution is -2.50. The second kappa shape index (κ2) is 20.3. The van der Waals surface area contributed by atoms with E-state index < -0.39 is 17.9 Å². The van der Waals surface area contributed by atoms with E-state index in [1.54, 1.807) is 14.7 Å². The maximum atomic E-state index is 12.6. The molecule has 40 heavy (non-hydrogen) atoms. The zero-order valence-corrected chi connectivity index (χ0v) is 24.3. The van der Waals surface area contributed by atoms with E-state index in [-0.39, 0.29) is 51.0 Å². The molecule has 2 amide bonds. The summed E-state index contributed by atoms with van der Waals surface area (Å²) in [5, 5.41) is 33.9. The van der Waals surface area contributed by atoms with Crippen molar-refractivity contribution < 1.29 is 39.3 Å². The number of carboxylic acid groups (broad SMARTS) is 3. The highest BCUT2D eigenvalue weighted by Gasteiger charge is 2.21. The highest BCUT2D eigenvalue weighted by Crippen LogP contribution is 2.05. The van der Waals surface area contributed by atoms with E-state index >= 15 is 0 Å². The molecule has 1 unspecified atom stereocenters. The molecule has 1 fully saturated rings. The van der Waals surface area contributed by atoms with E-state index in [2.05, 4.69) is 23.4 Å². The molecule has 5 N–H and O–H groups in total. The zero-order valence-electron chi connectivity index (χ0n) is 23.4. The lowest BCUT2D eigenvalue weighted by Gasteiger charge is -2.32. The molecular formula is C25H46N6O8S. The van der Waals surface area contributed by atoms with Gasteiger partial charge in [-0.3, -0.25) is 43.6 Å². The summed E-state index contributed by atoms with van der Waals surface area (Å²) in [4.78, 5) is 65.6. The molecule has 14 nitrogen and oxygen atoms in total. The normalized spacial score (nSPS) is 17.7. The summed E-state index contributed by atoms with van der Waals surface area (Å²) in [5.74, 6) is 0.368. The van der Waals surface area contributed by atoms with Crippen LogP contribution in [0.1, 0.15) is 26.2 Å². The van der Waals surface area contributed by atoms with Gasteiger partial charge >= 0.3 is 17.9 Å². The summed E-state index contributed by atoms with van der Waals surface area (Å²) >= 11 is 1.08. The Bertz CT molecular complexity index is 816. The third kappa shape index (κ3) is 17.9. The molecule has 1 heterocycles. The van der Waals surface area contributed by atoms with Crippen LogP contribution in [-0.2, 0) is 24.0 Å². The van der Waals surface area contributed by atoms with Gasteiger partial charge in [-0.1, -0.05) is 12.8 Å². The summed E-state index contributed by atoms with van der Waals surface area (Å²) in [6, 6.07) is 0. The van der Waals surface area contributed by atoms with Crippen molar-refractivity contribution in [2.75, 3.05) is 91.6 Å². The fraction of sp³-hybridized carbons (Fsp3) is 0.760. The zero-order chi connectivity index (χ0) is 29.9. The average molecular weight is 591 g/mol. The molecule has 1 saturated heterocycles. The molecule has 0 bridgehead atoms. The Balaban J connectivity index is 2.70. The third-order valence-electron chi connectivity index (χ3n) is 6.48. The van der Waals surface area contributed by atoms with Crippen LogP contribution in [-0.4, -0.2) is 167 Å². The van der Waals surface area contributed by atoms with Gasteiger partial charge in [-0.15, -0.1) is 0 Å². The fourth-order valence-electron chi connectivity index (χ4n) is 4.16. The lowest BCUT2D eigenvalue weighted by atomic mass is 10.2. The van der Waals surface area contributed by atoms with Gasteiger partial charge in [0.1, 0.15) is 0 Å². The Hall–Kier alpha value is -2.59. The van der Waals surface area contributed by atoms with E-state index in [1.807, 2.05) is 4.90 Å². The molecule has 0 aromatic carbocycles. The van der Waals surface area contributed by atoms with Gasteiger partial charge in [0.05, 0.1) is 26.2 Å². The number of thiol groups is 1. The minimum atomic E-state index is -1.02. The summed E-state index contributed by atoms with van der Waals surface area (Å²) in [5.41, 5.74) is 0. The number of hydrogen-bond donors (Lipinski definition) is 6. The molecule has 1 aliphatic heterocycles. The number of nitrogens with zero attached hydrogens (tertiary/aromatic N) is 4. The number of aliphatic carboxylic acids is 3. The van der Waals surface area contributed by atoms with Crippen LogP contribution in [0.15, 0.2) is 0 Å². The summed E-state index contributed by atoms with van der Waals surface area (Å²) in [6.07, 6.45) is 2.00. The molecule has 0 spiro atoms. The van der Waals surface area contributed by atoms with Gasteiger partial charge in [0.25, 0.3) is 0 Å². The predicted molar refractivity (Wildman–Crippen MR) is 154 cm³/mol. The first-order chi connectivity index (χ1) is 19.0. The average Bonchev–Trinajstić information content (AvgIpc) is 2.87. The van der Waals surface area contributed by atoms with Crippen molar-refractivity contribution in [3.63, 3.8) is 0 Å². The van der Waals surface area contributed by atoms with Gasteiger partial charge in [0.15, 0.2) is 0 Å². The number of carbonyl (C=O) groups is 5. The smallest absolute Gasteiger partial charge is 0.317 e. The van der Waals surface area contributed by atoms with Crippen LogP contribution in [0.4, 0.5) is 0 Å². The number of hydrogen-bond acceptors (Lipinski definition) is 9. The highest BCUT2D eigenvalue weighted by atomic mass is 32.1. The molecule has 230 valence electrons. The van der Waals surface area contributed by atoms with Gasteiger partial charge in [-0.2, -0.15) is 0 Å². The van der Waals surface area contributed by atoms with E-state index in [4.69, 9.17) is 0 Å².